The van der Waals surface area contributed by atoms with Gasteiger partial charge in [-0.05, 0) is 61.6 Å². The number of aromatic nitrogens is 1. The van der Waals surface area contributed by atoms with Crippen molar-refractivity contribution in [3.8, 4) is 0 Å². The molecule has 1 aromatic carbocycles. The highest BCUT2D eigenvalue weighted by atomic mass is 35.5. The molecule has 0 aliphatic rings. The zero-order valence-corrected chi connectivity index (χ0v) is 11.8. The molecule has 1 aromatic heterocycles. The molecular formula is C16H18ClN. The van der Waals surface area contributed by atoms with Gasteiger partial charge in [0.2, 0.25) is 0 Å². The molecule has 1 nitrogen and oxygen atoms in total. The Hall–Kier alpha value is -1.34. The molecule has 0 spiro atoms. The first-order chi connectivity index (χ1) is 8.58. The second kappa shape index (κ2) is 5.53. The van der Waals surface area contributed by atoms with Crippen LogP contribution in [0.3, 0.4) is 0 Å². The van der Waals surface area contributed by atoms with Crippen molar-refractivity contribution < 1.29 is 0 Å². The summed E-state index contributed by atoms with van der Waals surface area (Å²) < 4.78 is 0. The van der Waals surface area contributed by atoms with Crippen LogP contribution in [0.2, 0.25) is 0 Å². The number of aryl methyl sites for hydroxylation is 3. The van der Waals surface area contributed by atoms with E-state index in [4.69, 9.17) is 11.6 Å². The SMILES string of the molecule is Cc1cc(C)c(C(Cl)Cc2ccncc2)c(C)c1. The Balaban J connectivity index is 2.27. The summed E-state index contributed by atoms with van der Waals surface area (Å²) in [7, 11) is 0. The largest absolute Gasteiger partial charge is 0.265 e. The van der Waals surface area contributed by atoms with Crippen LogP contribution in [0.25, 0.3) is 0 Å². The minimum absolute atomic E-state index is 0.0213. The summed E-state index contributed by atoms with van der Waals surface area (Å²) in [6.07, 6.45) is 4.47. The van der Waals surface area contributed by atoms with Gasteiger partial charge in [0, 0.05) is 12.4 Å². The predicted octanol–water partition coefficient (Wildman–Crippen LogP) is 4.53. The van der Waals surface area contributed by atoms with Gasteiger partial charge in [0.15, 0.2) is 0 Å². The molecule has 0 N–H and O–H groups in total. The highest BCUT2D eigenvalue weighted by Gasteiger charge is 2.14. The van der Waals surface area contributed by atoms with E-state index < -0.39 is 0 Å². The predicted molar refractivity (Wildman–Crippen MR) is 77.2 cm³/mol. The van der Waals surface area contributed by atoms with Crippen molar-refractivity contribution in [2.45, 2.75) is 32.6 Å². The normalized spacial score (nSPS) is 12.4. The van der Waals surface area contributed by atoms with Crippen molar-refractivity contribution in [3.63, 3.8) is 0 Å². The molecule has 1 unspecified atom stereocenters. The van der Waals surface area contributed by atoms with Gasteiger partial charge in [-0.1, -0.05) is 17.7 Å². The molecule has 0 bridgehead atoms. The molecular weight excluding hydrogens is 242 g/mol. The standard InChI is InChI=1S/C16H18ClN/c1-11-8-12(2)16(13(3)9-11)15(17)10-14-4-6-18-7-5-14/h4-9,15H,10H2,1-3H3. The molecule has 0 radical (unpaired) electrons. The quantitative estimate of drug-likeness (QED) is 0.738. The number of rotatable bonds is 3. The van der Waals surface area contributed by atoms with Gasteiger partial charge in [0.05, 0.1) is 5.38 Å². The third kappa shape index (κ3) is 2.91. The fourth-order valence-electron chi connectivity index (χ4n) is 2.51. The molecule has 0 aliphatic carbocycles. The average molecular weight is 260 g/mol. The van der Waals surface area contributed by atoms with E-state index in [0.717, 1.165) is 6.42 Å². The summed E-state index contributed by atoms with van der Waals surface area (Å²) in [5.74, 6) is 0. The maximum Gasteiger partial charge on any atom is 0.0630 e. The Kier molecular flexibility index (Phi) is 4.03. The van der Waals surface area contributed by atoms with E-state index in [1.807, 2.05) is 24.5 Å². The second-order valence-corrected chi connectivity index (χ2v) is 5.37. The number of benzene rings is 1. The topological polar surface area (TPSA) is 12.9 Å². The molecule has 2 heteroatoms. The Bertz CT molecular complexity index is 511. The molecule has 0 saturated heterocycles. The first-order valence-electron chi connectivity index (χ1n) is 6.18. The van der Waals surface area contributed by atoms with Gasteiger partial charge < -0.3 is 0 Å². The van der Waals surface area contributed by atoms with Gasteiger partial charge in [-0.25, -0.2) is 0 Å². The first-order valence-corrected chi connectivity index (χ1v) is 6.62. The van der Waals surface area contributed by atoms with E-state index in [1.54, 1.807) is 0 Å². The van der Waals surface area contributed by atoms with Crippen LogP contribution < -0.4 is 0 Å². The van der Waals surface area contributed by atoms with Crippen molar-refractivity contribution in [3.05, 3.63) is 64.5 Å². The number of halogens is 1. The van der Waals surface area contributed by atoms with Crippen molar-refractivity contribution in [1.29, 1.82) is 0 Å². The number of alkyl halides is 1. The fourth-order valence-corrected chi connectivity index (χ4v) is 3.04. The van der Waals surface area contributed by atoms with Crippen LogP contribution >= 0.6 is 11.6 Å². The minimum Gasteiger partial charge on any atom is -0.265 e. The van der Waals surface area contributed by atoms with Crippen LogP contribution in [0.15, 0.2) is 36.7 Å². The lowest BCUT2D eigenvalue weighted by atomic mass is 9.94. The molecule has 0 amide bonds. The Labute approximate surface area is 114 Å². The molecule has 18 heavy (non-hydrogen) atoms. The van der Waals surface area contributed by atoms with Crippen molar-refractivity contribution in [2.75, 3.05) is 0 Å². The van der Waals surface area contributed by atoms with Gasteiger partial charge in [-0.15, -0.1) is 11.6 Å². The van der Waals surface area contributed by atoms with Crippen molar-refractivity contribution >= 4 is 11.6 Å². The monoisotopic (exact) mass is 259 g/mol. The van der Waals surface area contributed by atoms with Crippen molar-refractivity contribution in [2.24, 2.45) is 0 Å². The summed E-state index contributed by atoms with van der Waals surface area (Å²) in [5.41, 5.74) is 6.34. The van der Waals surface area contributed by atoms with Gasteiger partial charge in [0.25, 0.3) is 0 Å². The lowest BCUT2D eigenvalue weighted by Gasteiger charge is -2.16. The third-order valence-electron chi connectivity index (χ3n) is 3.22. The Morgan fingerprint density at radius 2 is 1.61 bits per heavy atom. The summed E-state index contributed by atoms with van der Waals surface area (Å²) in [6.45, 7) is 6.39. The number of nitrogens with zero attached hydrogens (tertiary/aromatic N) is 1. The van der Waals surface area contributed by atoms with Gasteiger partial charge in [-0.3, -0.25) is 4.98 Å². The van der Waals surface area contributed by atoms with Crippen LogP contribution in [0.1, 0.15) is 33.2 Å². The van der Waals surface area contributed by atoms with Gasteiger partial charge in [-0.2, -0.15) is 0 Å². The second-order valence-electron chi connectivity index (χ2n) is 4.84. The highest BCUT2D eigenvalue weighted by molar-refractivity contribution is 6.21. The number of pyridine rings is 1. The molecule has 0 saturated carbocycles. The highest BCUT2D eigenvalue weighted by Crippen LogP contribution is 2.31. The van der Waals surface area contributed by atoms with E-state index in [9.17, 15) is 0 Å². The van der Waals surface area contributed by atoms with Crippen LogP contribution in [-0.4, -0.2) is 4.98 Å². The Morgan fingerprint density at radius 1 is 1.06 bits per heavy atom. The summed E-state index contributed by atoms with van der Waals surface area (Å²) in [4.78, 5) is 4.03. The van der Waals surface area contributed by atoms with Gasteiger partial charge in [0.1, 0.15) is 0 Å². The van der Waals surface area contributed by atoms with E-state index in [0.29, 0.717) is 0 Å². The summed E-state index contributed by atoms with van der Waals surface area (Å²) in [5, 5.41) is 0.0213. The lowest BCUT2D eigenvalue weighted by Crippen LogP contribution is -2.02. The van der Waals surface area contributed by atoms with E-state index in [-0.39, 0.29) is 5.38 Å². The van der Waals surface area contributed by atoms with E-state index >= 15 is 0 Å². The first kappa shape index (κ1) is 13.1. The zero-order chi connectivity index (χ0) is 13.1. The molecule has 94 valence electrons. The molecule has 1 atom stereocenters. The number of hydrogen-bond donors (Lipinski definition) is 0. The average Bonchev–Trinajstić information content (AvgIpc) is 2.28. The zero-order valence-electron chi connectivity index (χ0n) is 11.1. The maximum absolute atomic E-state index is 6.58. The summed E-state index contributed by atoms with van der Waals surface area (Å²) >= 11 is 6.58. The van der Waals surface area contributed by atoms with Crippen LogP contribution in [0.5, 0.6) is 0 Å². The molecule has 0 aliphatic heterocycles. The fraction of sp³-hybridized carbons (Fsp3) is 0.312. The Morgan fingerprint density at radius 3 is 2.17 bits per heavy atom. The van der Waals surface area contributed by atoms with Crippen molar-refractivity contribution in [1.82, 2.24) is 4.98 Å². The smallest absolute Gasteiger partial charge is 0.0630 e. The number of hydrogen-bond acceptors (Lipinski definition) is 1. The van der Waals surface area contributed by atoms with Crippen LogP contribution in [0.4, 0.5) is 0 Å². The molecule has 1 heterocycles. The lowest BCUT2D eigenvalue weighted by molar-refractivity contribution is 0.895. The van der Waals surface area contributed by atoms with E-state index in [2.05, 4.69) is 37.9 Å². The third-order valence-corrected chi connectivity index (χ3v) is 3.59. The van der Waals surface area contributed by atoms with E-state index in [1.165, 1.54) is 27.8 Å². The maximum atomic E-state index is 6.58. The van der Waals surface area contributed by atoms with Crippen LogP contribution in [0, 0.1) is 20.8 Å². The summed E-state index contributed by atoms with van der Waals surface area (Å²) in [6, 6.07) is 8.44. The van der Waals surface area contributed by atoms with Gasteiger partial charge >= 0.3 is 0 Å². The minimum atomic E-state index is 0.0213. The van der Waals surface area contributed by atoms with Crippen LogP contribution in [-0.2, 0) is 6.42 Å². The molecule has 0 fully saturated rings. The molecule has 2 aromatic rings. The molecule has 2 rings (SSSR count).